The number of hydrogen-bond donors (Lipinski definition) is 2. The van der Waals surface area contributed by atoms with E-state index >= 15 is 0 Å². The number of piperidine rings is 1. The zero-order valence-corrected chi connectivity index (χ0v) is 14.4. The lowest BCUT2D eigenvalue weighted by Gasteiger charge is -2.32. The van der Waals surface area contributed by atoms with E-state index in [1.54, 1.807) is 6.20 Å². The third-order valence-corrected chi connectivity index (χ3v) is 4.70. The Morgan fingerprint density at radius 1 is 1.25 bits per heavy atom. The highest BCUT2D eigenvalue weighted by Gasteiger charge is 2.19. The fraction of sp³-hybridized carbons (Fsp3) is 0.526. The van der Waals surface area contributed by atoms with Crippen LogP contribution in [0, 0.1) is 5.92 Å². The zero-order valence-electron chi connectivity index (χ0n) is 14.4. The number of benzene rings is 1. The summed E-state index contributed by atoms with van der Waals surface area (Å²) in [7, 11) is 0. The van der Waals surface area contributed by atoms with E-state index in [9.17, 15) is 5.11 Å². The monoisotopic (exact) mass is 328 g/mol. The lowest BCUT2D eigenvalue weighted by atomic mass is 9.96. The van der Waals surface area contributed by atoms with Crippen molar-refractivity contribution >= 4 is 0 Å². The van der Waals surface area contributed by atoms with E-state index in [2.05, 4.69) is 39.6 Å². The van der Waals surface area contributed by atoms with Crippen molar-refractivity contribution in [2.24, 2.45) is 5.92 Å². The van der Waals surface area contributed by atoms with Crippen LogP contribution in [0.4, 0.5) is 0 Å². The lowest BCUT2D eigenvalue weighted by molar-refractivity contribution is 0.0998. The molecule has 0 amide bonds. The van der Waals surface area contributed by atoms with Crippen molar-refractivity contribution in [2.75, 3.05) is 26.2 Å². The fourth-order valence-corrected chi connectivity index (χ4v) is 3.36. The number of aromatic nitrogens is 2. The van der Waals surface area contributed by atoms with E-state index in [1.165, 1.54) is 18.4 Å². The van der Waals surface area contributed by atoms with Crippen LogP contribution in [0.25, 0.3) is 5.69 Å². The molecule has 1 fully saturated rings. The molecule has 5 nitrogen and oxygen atoms in total. The smallest absolute Gasteiger partial charge is 0.0645 e. The molecule has 0 bridgehead atoms. The Morgan fingerprint density at radius 3 is 2.62 bits per heavy atom. The van der Waals surface area contributed by atoms with E-state index in [1.807, 2.05) is 23.9 Å². The molecule has 0 radical (unpaired) electrons. The molecule has 0 unspecified atom stereocenters. The molecule has 1 aliphatic rings. The van der Waals surface area contributed by atoms with Gasteiger partial charge in [0.25, 0.3) is 0 Å². The average Bonchev–Trinajstić information content (AvgIpc) is 3.11. The normalized spacial score (nSPS) is 17.9. The Balaban J connectivity index is 1.38. The van der Waals surface area contributed by atoms with Crippen molar-refractivity contribution in [2.45, 2.75) is 32.4 Å². The minimum Gasteiger partial charge on any atom is -0.392 e. The van der Waals surface area contributed by atoms with Crippen LogP contribution in [0.2, 0.25) is 0 Å². The molecule has 130 valence electrons. The van der Waals surface area contributed by atoms with Gasteiger partial charge in [-0.15, -0.1) is 0 Å². The highest BCUT2D eigenvalue weighted by Crippen LogP contribution is 2.17. The Bertz CT molecular complexity index is 586. The molecular weight excluding hydrogens is 300 g/mol. The van der Waals surface area contributed by atoms with Crippen molar-refractivity contribution in [3.8, 4) is 5.69 Å². The predicted octanol–water partition coefficient (Wildman–Crippen LogP) is 2.05. The van der Waals surface area contributed by atoms with Gasteiger partial charge in [0.1, 0.15) is 0 Å². The first kappa shape index (κ1) is 17.1. The molecule has 1 aromatic carbocycles. The second-order valence-electron chi connectivity index (χ2n) is 6.84. The molecule has 1 saturated heterocycles. The van der Waals surface area contributed by atoms with Gasteiger partial charge in [-0.3, -0.25) is 0 Å². The molecule has 0 saturated carbocycles. The van der Waals surface area contributed by atoms with Crippen LogP contribution in [-0.4, -0.2) is 52.1 Å². The van der Waals surface area contributed by atoms with Gasteiger partial charge < -0.3 is 15.3 Å². The maximum absolute atomic E-state index is 9.46. The number of likely N-dealkylation sites (tertiary alicyclic amines) is 1. The number of rotatable bonds is 7. The molecule has 3 rings (SSSR count). The van der Waals surface area contributed by atoms with Gasteiger partial charge in [-0.1, -0.05) is 12.1 Å². The SMILES string of the molecule is C[C@H](O)CN1CCC(CNCc2ccc(-n3cccn3)cc2)CC1. The van der Waals surface area contributed by atoms with E-state index < -0.39 is 0 Å². The number of aliphatic hydroxyl groups excluding tert-OH is 1. The zero-order chi connectivity index (χ0) is 16.8. The topological polar surface area (TPSA) is 53.3 Å². The first-order valence-electron chi connectivity index (χ1n) is 8.91. The summed E-state index contributed by atoms with van der Waals surface area (Å²) in [5, 5.41) is 17.3. The molecule has 5 heteroatoms. The van der Waals surface area contributed by atoms with E-state index in [-0.39, 0.29) is 6.10 Å². The second-order valence-corrected chi connectivity index (χ2v) is 6.84. The maximum atomic E-state index is 9.46. The molecule has 1 atom stereocenters. The summed E-state index contributed by atoms with van der Waals surface area (Å²) in [6.07, 6.45) is 5.97. The highest BCUT2D eigenvalue weighted by molar-refractivity contribution is 5.33. The van der Waals surface area contributed by atoms with E-state index in [4.69, 9.17) is 0 Å². The summed E-state index contributed by atoms with van der Waals surface area (Å²) in [5.41, 5.74) is 2.40. The Kier molecular flexibility index (Phi) is 6.01. The second kappa shape index (κ2) is 8.42. The number of aliphatic hydroxyl groups is 1. The van der Waals surface area contributed by atoms with Crippen molar-refractivity contribution in [1.82, 2.24) is 20.0 Å². The van der Waals surface area contributed by atoms with Crippen LogP contribution in [0.5, 0.6) is 0 Å². The van der Waals surface area contributed by atoms with Gasteiger partial charge >= 0.3 is 0 Å². The number of β-amino-alcohol motifs (C(OH)–C–C–N with tert-alkyl or cyclic N) is 1. The van der Waals surface area contributed by atoms with Crippen molar-refractivity contribution in [1.29, 1.82) is 0 Å². The molecule has 1 aromatic heterocycles. The van der Waals surface area contributed by atoms with Gasteiger partial charge in [0.05, 0.1) is 11.8 Å². The highest BCUT2D eigenvalue weighted by atomic mass is 16.3. The van der Waals surface area contributed by atoms with E-state index in [0.29, 0.717) is 0 Å². The molecule has 2 N–H and O–H groups in total. The molecule has 24 heavy (non-hydrogen) atoms. The van der Waals surface area contributed by atoms with Crippen molar-refractivity contribution < 1.29 is 5.11 Å². The quantitative estimate of drug-likeness (QED) is 0.817. The summed E-state index contributed by atoms with van der Waals surface area (Å²) in [4.78, 5) is 2.37. The first-order valence-corrected chi connectivity index (χ1v) is 8.91. The summed E-state index contributed by atoms with van der Waals surface area (Å²) in [6, 6.07) is 10.5. The molecule has 0 aliphatic carbocycles. The standard InChI is InChI=1S/C19H28N4O/c1-16(24)15-22-11-7-18(8-12-22)14-20-13-17-3-5-19(6-4-17)23-10-2-9-21-23/h2-6,9-10,16,18,20,24H,7-8,11-15H2,1H3/t16-/m0/s1. The van der Waals surface area contributed by atoms with Gasteiger partial charge in [0, 0.05) is 25.5 Å². The van der Waals surface area contributed by atoms with Gasteiger partial charge in [-0.2, -0.15) is 5.10 Å². The largest absolute Gasteiger partial charge is 0.392 e. The van der Waals surface area contributed by atoms with Gasteiger partial charge in [0.2, 0.25) is 0 Å². The Hall–Kier alpha value is -1.69. The Morgan fingerprint density at radius 2 is 2.00 bits per heavy atom. The van der Waals surface area contributed by atoms with Crippen LogP contribution < -0.4 is 5.32 Å². The number of nitrogens with one attached hydrogen (secondary N) is 1. The number of nitrogens with zero attached hydrogens (tertiary/aromatic N) is 3. The fourth-order valence-electron chi connectivity index (χ4n) is 3.36. The van der Waals surface area contributed by atoms with Crippen LogP contribution in [-0.2, 0) is 6.54 Å². The maximum Gasteiger partial charge on any atom is 0.0645 e. The summed E-state index contributed by atoms with van der Waals surface area (Å²) in [6.45, 7) is 6.87. The minimum atomic E-state index is -0.218. The van der Waals surface area contributed by atoms with Crippen LogP contribution in [0.1, 0.15) is 25.3 Å². The third-order valence-electron chi connectivity index (χ3n) is 4.70. The van der Waals surface area contributed by atoms with E-state index in [0.717, 1.165) is 44.3 Å². The van der Waals surface area contributed by atoms with Crippen LogP contribution in [0.3, 0.4) is 0 Å². The molecule has 1 aliphatic heterocycles. The molecular formula is C19H28N4O. The molecule has 0 spiro atoms. The predicted molar refractivity (Wildman–Crippen MR) is 96.1 cm³/mol. The van der Waals surface area contributed by atoms with Gasteiger partial charge in [0.15, 0.2) is 0 Å². The summed E-state index contributed by atoms with van der Waals surface area (Å²) >= 11 is 0. The van der Waals surface area contributed by atoms with Crippen molar-refractivity contribution in [3.63, 3.8) is 0 Å². The van der Waals surface area contributed by atoms with Gasteiger partial charge in [-0.25, -0.2) is 4.68 Å². The first-order chi connectivity index (χ1) is 11.7. The Labute approximate surface area is 144 Å². The van der Waals surface area contributed by atoms with Crippen molar-refractivity contribution in [3.05, 3.63) is 48.3 Å². The lowest BCUT2D eigenvalue weighted by Crippen LogP contribution is -2.40. The summed E-state index contributed by atoms with van der Waals surface area (Å²) < 4.78 is 1.87. The number of hydrogen-bond acceptors (Lipinski definition) is 4. The van der Waals surface area contributed by atoms with Crippen LogP contribution in [0.15, 0.2) is 42.7 Å². The van der Waals surface area contributed by atoms with Gasteiger partial charge in [-0.05, 0) is 69.1 Å². The summed E-state index contributed by atoms with van der Waals surface area (Å²) in [5.74, 6) is 0.749. The minimum absolute atomic E-state index is 0.218. The molecule has 2 aromatic rings. The third kappa shape index (κ3) is 4.90. The van der Waals surface area contributed by atoms with Crippen LogP contribution >= 0.6 is 0 Å². The average molecular weight is 328 g/mol. The molecule has 2 heterocycles.